The normalized spacial score (nSPS) is 11.1. The molecule has 0 spiro atoms. The standard InChI is InChI=1S/C25H25N3O3/c1-16(2)20-13-21-19(15-31-23(21)11-17(20)3)12-24(29)28-25-22(5-4-8-27-25)30-14-18-6-9-26-10-7-18/h4-11,13,15-16H,12,14H2,1-3H3,(H,27,28,29). The van der Waals surface area contributed by atoms with E-state index in [0.29, 0.717) is 24.1 Å². The van der Waals surface area contributed by atoms with Gasteiger partial charge in [0.15, 0.2) is 11.6 Å². The van der Waals surface area contributed by atoms with Crippen LogP contribution in [0.2, 0.25) is 0 Å². The highest BCUT2D eigenvalue weighted by Gasteiger charge is 2.15. The number of carbonyl (C=O) groups excluding carboxylic acids is 1. The number of pyridine rings is 2. The summed E-state index contributed by atoms with van der Waals surface area (Å²) in [6.45, 7) is 6.77. The molecule has 0 aliphatic carbocycles. The molecular weight excluding hydrogens is 390 g/mol. The molecule has 1 amide bonds. The van der Waals surface area contributed by atoms with Gasteiger partial charge in [0.2, 0.25) is 5.91 Å². The van der Waals surface area contributed by atoms with Gasteiger partial charge < -0.3 is 14.5 Å². The molecule has 1 aromatic carbocycles. The van der Waals surface area contributed by atoms with Crippen LogP contribution in [0.3, 0.4) is 0 Å². The SMILES string of the molecule is Cc1cc2occ(CC(=O)Nc3ncccc3OCc3ccncc3)c2cc1C(C)C. The Morgan fingerprint density at radius 1 is 1.16 bits per heavy atom. The predicted molar refractivity (Wildman–Crippen MR) is 120 cm³/mol. The molecule has 4 rings (SSSR count). The third-order valence-corrected chi connectivity index (χ3v) is 5.19. The number of nitrogens with one attached hydrogen (secondary N) is 1. The second kappa shape index (κ2) is 9.00. The maximum absolute atomic E-state index is 12.8. The van der Waals surface area contributed by atoms with Crippen LogP contribution >= 0.6 is 0 Å². The lowest BCUT2D eigenvalue weighted by atomic mass is 9.95. The number of rotatable bonds is 7. The summed E-state index contributed by atoms with van der Waals surface area (Å²) in [7, 11) is 0. The molecule has 0 saturated carbocycles. The Hall–Kier alpha value is -3.67. The minimum absolute atomic E-state index is 0.179. The van der Waals surface area contributed by atoms with Crippen LogP contribution in [0.4, 0.5) is 5.82 Å². The summed E-state index contributed by atoms with van der Waals surface area (Å²) >= 11 is 0. The van der Waals surface area contributed by atoms with E-state index >= 15 is 0 Å². The fourth-order valence-electron chi connectivity index (χ4n) is 3.59. The van der Waals surface area contributed by atoms with Crippen molar-refractivity contribution < 1.29 is 13.9 Å². The summed E-state index contributed by atoms with van der Waals surface area (Å²) in [5.74, 6) is 1.13. The van der Waals surface area contributed by atoms with Crippen LogP contribution < -0.4 is 10.1 Å². The molecule has 0 radical (unpaired) electrons. The van der Waals surface area contributed by atoms with Crippen molar-refractivity contribution in [3.63, 3.8) is 0 Å². The van der Waals surface area contributed by atoms with E-state index in [1.165, 1.54) is 11.1 Å². The van der Waals surface area contributed by atoms with Crippen LogP contribution in [-0.4, -0.2) is 15.9 Å². The molecule has 6 heteroatoms. The Bertz CT molecular complexity index is 1200. The van der Waals surface area contributed by atoms with Gasteiger partial charge in [-0.15, -0.1) is 0 Å². The van der Waals surface area contributed by atoms with Crippen LogP contribution in [0.5, 0.6) is 5.75 Å². The Kier molecular flexibility index (Phi) is 5.98. The third kappa shape index (κ3) is 4.74. The number of nitrogens with zero attached hydrogens (tertiary/aromatic N) is 2. The number of aryl methyl sites for hydroxylation is 1. The molecule has 4 aromatic rings. The molecule has 6 nitrogen and oxygen atoms in total. The quantitative estimate of drug-likeness (QED) is 0.436. The molecule has 158 valence electrons. The molecule has 0 aliphatic rings. The van der Waals surface area contributed by atoms with Crippen LogP contribution in [0, 0.1) is 6.92 Å². The number of furan rings is 1. The molecule has 3 heterocycles. The monoisotopic (exact) mass is 415 g/mol. The molecule has 0 saturated heterocycles. The van der Waals surface area contributed by atoms with E-state index in [9.17, 15) is 4.79 Å². The smallest absolute Gasteiger partial charge is 0.230 e. The summed E-state index contributed by atoms with van der Waals surface area (Å²) < 4.78 is 11.6. The average molecular weight is 415 g/mol. The van der Waals surface area contributed by atoms with Crippen molar-refractivity contribution in [3.05, 3.63) is 83.5 Å². The zero-order valence-electron chi connectivity index (χ0n) is 17.9. The van der Waals surface area contributed by atoms with Gasteiger partial charge in [-0.05, 0) is 65.9 Å². The molecule has 0 atom stereocenters. The van der Waals surface area contributed by atoms with Gasteiger partial charge in [-0.3, -0.25) is 9.78 Å². The Morgan fingerprint density at radius 3 is 2.74 bits per heavy atom. The Labute approximate surface area is 181 Å². The number of hydrogen-bond acceptors (Lipinski definition) is 5. The minimum Gasteiger partial charge on any atom is -0.485 e. The summed E-state index contributed by atoms with van der Waals surface area (Å²) in [5, 5.41) is 3.84. The van der Waals surface area contributed by atoms with E-state index in [-0.39, 0.29) is 12.3 Å². The van der Waals surface area contributed by atoms with Gasteiger partial charge in [-0.25, -0.2) is 4.98 Å². The van der Waals surface area contributed by atoms with Crippen LogP contribution in [0.1, 0.15) is 42.0 Å². The van der Waals surface area contributed by atoms with Crippen molar-refractivity contribution in [2.24, 2.45) is 0 Å². The molecule has 31 heavy (non-hydrogen) atoms. The van der Waals surface area contributed by atoms with Crippen LogP contribution in [0.15, 0.2) is 65.7 Å². The predicted octanol–water partition coefficient (Wildman–Crippen LogP) is 5.41. The van der Waals surface area contributed by atoms with E-state index in [2.05, 4.69) is 42.1 Å². The molecule has 0 fully saturated rings. The molecule has 0 aliphatic heterocycles. The second-order valence-electron chi connectivity index (χ2n) is 7.84. The van der Waals surface area contributed by atoms with Gasteiger partial charge >= 0.3 is 0 Å². The lowest BCUT2D eigenvalue weighted by molar-refractivity contribution is -0.115. The van der Waals surface area contributed by atoms with Crippen molar-refractivity contribution in [2.75, 3.05) is 5.32 Å². The van der Waals surface area contributed by atoms with Gasteiger partial charge in [0.25, 0.3) is 0 Å². The average Bonchev–Trinajstić information content (AvgIpc) is 3.14. The summed E-state index contributed by atoms with van der Waals surface area (Å²) in [6, 6.07) is 11.5. The third-order valence-electron chi connectivity index (χ3n) is 5.19. The van der Waals surface area contributed by atoms with Gasteiger partial charge in [0.05, 0.1) is 12.7 Å². The van der Waals surface area contributed by atoms with Crippen molar-refractivity contribution in [1.29, 1.82) is 0 Å². The van der Waals surface area contributed by atoms with Gasteiger partial charge in [-0.2, -0.15) is 0 Å². The number of ether oxygens (including phenoxy) is 1. The zero-order valence-corrected chi connectivity index (χ0v) is 17.9. The van der Waals surface area contributed by atoms with E-state index < -0.39 is 0 Å². The first-order chi connectivity index (χ1) is 15.0. The van der Waals surface area contributed by atoms with E-state index in [4.69, 9.17) is 9.15 Å². The van der Waals surface area contributed by atoms with Crippen molar-refractivity contribution >= 4 is 22.7 Å². The largest absolute Gasteiger partial charge is 0.485 e. The van der Waals surface area contributed by atoms with Gasteiger partial charge in [-0.1, -0.05) is 13.8 Å². The second-order valence-corrected chi connectivity index (χ2v) is 7.84. The molecular formula is C25H25N3O3. The number of anilines is 1. The summed E-state index contributed by atoms with van der Waals surface area (Å²) in [4.78, 5) is 21.1. The van der Waals surface area contributed by atoms with Crippen molar-refractivity contribution in [2.45, 2.75) is 39.7 Å². The maximum atomic E-state index is 12.8. The summed E-state index contributed by atoms with van der Waals surface area (Å²) in [6.07, 6.45) is 6.90. The van der Waals surface area contributed by atoms with Crippen LogP contribution in [-0.2, 0) is 17.8 Å². The Balaban J connectivity index is 1.49. The topological polar surface area (TPSA) is 77.2 Å². The number of fused-ring (bicyclic) bond motifs is 1. The fraction of sp³-hybridized carbons (Fsp3) is 0.240. The number of aromatic nitrogens is 2. The highest BCUT2D eigenvalue weighted by molar-refractivity contribution is 5.95. The van der Waals surface area contributed by atoms with E-state index in [1.54, 1.807) is 37.0 Å². The van der Waals surface area contributed by atoms with Crippen molar-refractivity contribution in [3.8, 4) is 5.75 Å². The van der Waals surface area contributed by atoms with Crippen molar-refractivity contribution in [1.82, 2.24) is 9.97 Å². The molecule has 3 aromatic heterocycles. The van der Waals surface area contributed by atoms with Gasteiger partial charge in [0, 0.05) is 29.5 Å². The molecule has 0 bridgehead atoms. The first kappa shape index (κ1) is 20.6. The molecule has 1 N–H and O–H groups in total. The van der Waals surface area contributed by atoms with Gasteiger partial charge in [0.1, 0.15) is 12.2 Å². The number of benzene rings is 1. The maximum Gasteiger partial charge on any atom is 0.230 e. The first-order valence-electron chi connectivity index (χ1n) is 10.3. The van der Waals surface area contributed by atoms with Crippen LogP contribution in [0.25, 0.3) is 11.0 Å². The number of hydrogen-bond donors (Lipinski definition) is 1. The Morgan fingerprint density at radius 2 is 1.97 bits per heavy atom. The fourth-order valence-corrected chi connectivity index (χ4v) is 3.59. The van der Waals surface area contributed by atoms with E-state index in [0.717, 1.165) is 22.1 Å². The lowest BCUT2D eigenvalue weighted by Crippen LogP contribution is -2.16. The highest BCUT2D eigenvalue weighted by Crippen LogP contribution is 2.29. The number of carbonyl (C=O) groups is 1. The highest BCUT2D eigenvalue weighted by atomic mass is 16.5. The number of amides is 1. The van der Waals surface area contributed by atoms with E-state index in [1.807, 2.05) is 18.2 Å². The lowest BCUT2D eigenvalue weighted by Gasteiger charge is -2.12. The zero-order chi connectivity index (χ0) is 21.8. The first-order valence-corrected chi connectivity index (χ1v) is 10.3. The molecule has 0 unspecified atom stereocenters. The summed E-state index contributed by atoms with van der Waals surface area (Å²) in [5.41, 5.74) is 5.08. The minimum atomic E-state index is -0.179.